The summed E-state index contributed by atoms with van der Waals surface area (Å²) in [6.07, 6.45) is 1.64. The Labute approximate surface area is 221 Å². The fourth-order valence-corrected chi connectivity index (χ4v) is 4.65. The molecule has 0 bridgehead atoms. The molecule has 0 aliphatic carbocycles. The zero-order valence-corrected chi connectivity index (χ0v) is 21.6. The van der Waals surface area contributed by atoms with Crippen molar-refractivity contribution < 1.29 is 28.9 Å². The first-order valence-electron chi connectivity index (χ1n) is 12.3. The number of aliphatic hydroxyl groups excluding tert-OH is 1. The summed E-state index contributed by atoms with van der Waals surface area (Å²) >= 11 is 6.02. The number of hydrogen-bond donors (Lipinski definition) is 1. The Bertz CT molecular complexity index is 1170. The van der Waals surface area contributed by atoms with Gasteiger partial charge in [0.05, 0.1) is 31.4 Å². The van der Waals surface area contributed by atoms with E-state index in [4.69, 9.17) is 25.8 Å². The zero-order valence-electron chi connectivity index (χ0n) is 20.8. The molecule has 2 heterocycles. The summed E-state index contributed by atoms with van der Waals surface area (Å²) in [4.78, 5) is 30.3. The molecule has 1 N–H and O–H groups in total. The number of hydrogen-bond acceptors (Lipinski definition) is 7. The molecule has 0 aromatic heterocycles. The van der Waals surface area contributed by atoms with E-state index in [9.17, 15) is 14.7 Å². The highest BCUT2D eigenvalue weighted by Crippen LogP contribution is 2.42. The molecule has 1 amide bonds. The van der Waals surface area contributed by atoms with Gasteiger partial charge >= 0.3 is 0 Å². The van der Waals surface area contributed by atoms with Gasteiger partial charge in [0, 0.05) is 36.8 Å². The summed E-state index contributed by atoms with van der Waals surface area (Å²) < 4.78 is 17.0. The first kappa shape index (κ1) is 26.7. The molecule has 196 valence electrons. The van der Waals surface area contributed by atoms with Crippen molar-refractivity contribution >= 4 is 29.1 Å². The monoisotopic (exact) mass is 526 g/mol. The van der Waals surface area contributed by atoms with Crippen molar-refractivity contribution in [2.45, 2.75) is 13.0 Å². The van der Waals surface area contributed by atoms with Crippen molar-refractivity contribution in [3.05, 3.63) is 76.8 Å². The second-order valence-electron chi connectivity index (χ2n) is 8.69. The van der Waals surface area contributed by atoms with Gasteiger partial charge in [-0.1, -0.05) is 30.3 Å². The molecular weight excluding hydrogens is 496 g/mol. The molecule has 37 heavy (non-hydrogen) atoms. The van der Waals surface area contributed by atoms with Crippen LogP contribution in [0, 0.1) is 0 Å². The smallest absolute Gasteiger partial charge is 0.295 e. The van der Waals surface area contributed by atoms with E-state index in [1.807, 2.05) is 6.92 Å². The molecule has 0 radical (unpaired) electrons. The quantitative estimate of drug-likeness (QED) is 0.216. The van der Waals surface area contributed by atoms with Crippen LogP contribution in [0.1, 0.15) is 24.1 Å². The Morgan fingerprint density at radius 2 is 1.84 bits per heavy atom. The standard InChI is InChI=1S/C28H31ClN2O6/c1-3-15-37-22-10-7-20(18-23(22)36-4-2)25-24(26(32)19-5-8-21(29)9-6-19)27(33)28(34)31(25)12-11-30-13-16-35-17-14-30/h3,5-10,18,25,32H,1,4,11-17H2,2H3. The number of nitrogens with zero attached hydrogens (tertiary/aromatic N) is 2. The molecule has 0 saturated carbocycles. The van der Waals surface area contributed by atoms with Crippen LogP contribution in [0.25, 0.3) is 5.76 Å². The third kappa shape index (κ3) is 5.98. The average Bonchev–Trinajstić information content (AvgIpc) is 3.17. The molecule has 1 atom stereocenters. The second kappa shape index (κ2) is 12.3. The molecule has 2 fully saturated rings. The topological polar surface area (TPSA) is 88.5 Å². The summed E-state index contributed by atoms with van der Waals surface area (Å²) in [6, 6.07) is 11.0. The molecule has 2 aliphatic rings. The molecule has 9 heteroatoms. The van der Waals surface area contributed by atoms with Gasteiger partial charge < -0.3 is 24.2 Å². The van der Waals surface area contributed by atoms with Crippen LogP contribution < -0.4 is 9.47 Å². The largest absolute Gasteiger partial charge is 0.507 e. The first-order chi connectivity index (χ1) is 17.9. The molecular formula is C28H31ClN2O6. The Balaban J connectivity index is 1.77. The van der Waals surface area contributed by atoms with Crippen molar-refractivity contribution in [3.63, 3.8) is 0 Å². The summed E-state index contributed by atoms with van der Waals surface area (Å²) in [6.45, 7) is 9.89. The van der Waals surface area contributed by atoms with E-state index in [0.29, 0.717) is 67.2 Å². The molecule has 8 nitrogen and oxygen atoms in total. The predicted octanol–water partition coefficient (Wildman–Crippen LogP) is 4.06. The van der Waals surface area contributed by atoms with Crippen molar-refractivity contribution in [2.24, 2.45) is 0 Å². The Morgan fingerprint density at radius 3 is 2.51 bits per heavy atom. The van der Waals surface area contributed by atoms with Crippen molar-refractivity contribution in [1.82, 2.24) is 9.80 Å². The molecule has 2 aromatic rings. The van der Waals surface area contributed by atoms with Crippen LogP contribution in [0.15, 0.2) is 60.7 Å². The van der Waals surface area contributed by atoms with Crippen LogP contribution in [0.5, 0.6) is 11.5 Å². The van der Waals surface area contributed by atoms with Crippen molar-refractivity contribution in [2.75, 3.05) is 52.6 Å². The van der Waals surface area contributed by atoms with Gasteiger partial charge in [0.15, 0.2) is 11.5 Å². The van der Waals surface area contributed by atoms with E-state index in [1.54, 1.807) is 48.5 Å². The normalized spacial score (nSPS) is 19.7. The number of Topliss-reactive ketones (excluding diaryl/α,β-unsaturated/α-hetero) is 1. The molecule has 2 aliphatic heterocycles. The Morgan fingerprint density at radius 1 is 1.11 bits per heavy atom. The third-order valence-electron chi connectivity index (χ3n) is 6.36. The number of morpholine rings is 1. The van der Waals surface area contributed by atoms with Crippen LogP contribution in [0.4, 0.5) is 0 Å². The minimum atomic E-state index is -0.802. The average molecular weight is 527 g/mol. The molecule has 1 unspecified atom stereocenters. The van der Waals surface area contributed by atoms with Crippen molar-refractivity contribution in [3.8, 4) is 11.5 Å². The maximum atomic E-state index is 13.3. The minimum absolute atomic E-state index is 0.0245. The Hall–Kier alpha value is -3.33. The van der Waals surface area contributed by atoms with Crippen molar-refractivity contribution in [1.29, 1.82) is 0 Å². The lowest BCUT2D eigenvalue weighted by molar-refractivity contribution is -0.140. The molecule has 0 spiro atoms. The van der Waals surface area contributed by atoms with Gasteiger partial charge in [-0.3, -0.25) is 14.5 Å². The van der Waals surface area contributed by atoms with Crippen LogP contribution >= 0.6 is 11.6 Å². The maximum Gasteiger partial charge on any atom is 0.295 e. The number of halogens is 1. The highest BCUT2D eigenvalue weighted by atomic mass is 35.5. The SMILES string of the molecule is C=CCOc1ccc(C2C(=C(O)c3ccc(Cl)cc3)C(=O)C(=O)N2CCN2CCOCC2)cc1OCC. The first-order valence-corrected chi connectivity index (χ1v) is 12.7. The third-order valence-corrected chi connectivity index (χ3v) is 6.61. The Kier molecular flexibility index (Phi) is 8.87. The number of amides is 1. The molecule has 2 aromatic carbocycles. The number of carbonyl (C=O) groups is 2. The minimum Gasteiger partial charge on any atom is -0.507 e. The van der Waals surface area contributed by atoms with Gasteiger partial charge in [0.1, 0.15) is 12.4 Å². The number of ketones is 1. The van der Waals surface area contributed by atoms with E-state index in [-0.39, 0.29) is 11.3 Å². The zero-order chi connectivity index (χ0) is 26.4. The number of carbonyl (C=O) groups excluding carboxylic acids is 2. The fraction of sp³-hybridized carbons (Fsp3) is 0.357. The van der Waals surface area contributed by atoms with E-state index < -0.39 is 17.7 Å². The number of ether oxygens (including phenoxy) is 3. The van der Waals surface area contributed by atoms with Gasteiger partial charge in [0.25, 0.3) is 11.7 Å². The lowest BCUT2D eigenvalue weighted by Crippen LogP contribution is -2.42. The van der Waals surface area contributed by atoms with E-state index >= 15 is 0 Å². The number of benzene rings is 2. The second-order valence-corrected chi connectivity index (χ2v) is 9.13. The van der Waals surface area contributed by atoms with E-state index in [1.165, 1.54) is 4.90 Å². The van der Waals surface area contributed by atoms with Crippen LogP contribution in [-0.4, -0.2) is 79.2 Å². The van der Waals surface area contributed by atoms with Crippen LogP contribution in [0.2, 0.25) is 5.02 Å². The number of aliphatic hydroxyl groups is 1. The van der Waals surface area contributed by atoms with Gasteiger partial charge in [-0.15, -0.1) is 0 Å². The highest BCUT2D eigenvalue weighted by Gasteiger charge is 2.46. The van der Waals surface area contributed by atoms with Crippen LogP contribution in [-0.2, 0) is 14.3 Å². The van der Waals surface area contributed by atoms with Gasteiger partial charge in [-0.25, -0.2) is 0 Å². The van der Waals surface area contributed by atoms with Gasteiger partial charge in [-0.05, 0) is 48.9 Å². The van der Waals surface area contributed by atoms with Gasteiger partial charge in [-0.2, -0.15) is 0 Å². The van der Waals surface area contributed by atoms with E-state index in [0.717, 1.165) is 13.1 Å². The summed E-state index contributed by atoms with van der Waals surface area (Å²) in [5.41, 5.74) is 1.05. The van der Waals surface area contributed by atoms with E-state index in [2.05, 4.69) is 11.5 Å². The number of rotatable bonds is 10. The maximum absolute atomic E-state index is 13.3. The summed E-state index contributed by atoms with van der Waals surface area (Å²) in [7, 11) is 0. The molecule has 4 rings (SSSR count). The van der Waals surface area contributed by atoms with Crippen LogP contribution in [0.3, 0.4) is 0 Å². The lowest BCUT2D eigenvalue weighted by Gasteiger charge is -2.31. The number of likely N-dealkylation sites (tertiary alicyclic amines) is 1. The fourth-order valence-electron chi connectivity index (χ4n) is 4.53. The summed E-state index contributed by atoms with van der Waals surface area (Å²) in [5.74, 6) is -0.637. The molecule has 2 saturated heterocycles. The lowest BCUT2D eigenvalue weighted by atomic mass is 9.95. The predicted molar refractivity (Wildman–Crippen MR) is 141 cm³/mol. The summed E-state index contributed by atoms with van der Waals surface area (Å²) in [5, 5.41) is 11.7. The highest BCUT2D eigenvalue weighted by molar-refractivity contribution is 6.46. The van der Waals surface area contributed by atoms with Gasteiger partial charge in [0.2, 0.25) is 0 Å².